The minimum Gasteiger partial charge on any atom is -0.392 e. The maximum atomic E-state index is 9.10. The lowest BCUT2D eigenvalue weighted by atomic mass is 9.93. The van der Waals surface area contributed by atoms with Crippen LogP contribution in [0.15, 0.2) is 18.2 Å². The highest BCUT2D eigenvalue weighted by Gasteiger charge is 2.07. The first-order valence-corrected chi connectivity index (χ1v) is 4.71. The van der Waals surface area contributed by atoms with E-state index in [1.165, 1.54) is 16.7 Å². The van der Waals surface area contributed by atoms with Crippen molar-refractivity contribution in [2.45, 2.75) is 26.4 Å². The molecule has 1 aromatic rings. The van der Waals surface area contributed by atoms with Gasteiger partial charge in [0.25, 0.3) is 0 Å². The van der Waals surface area contributed by atoms with E-state index in [2.05, 4.69) is 24.3 Å². The molecule has 0 aliphatic heterocycles. The van der Waals surface area contributed by atoms with Crippen LogP contribution in [0, 0.1) is 6.92 Å². The number of fused-ring (bicyclic) bond motifs is 1. The molecule has 0 bridgehead atoms. The normalized spacial score (nSPS) is 14.3. The van der Waals surface area contributed by atoms with E-state index in [1.807, 2.05) is 6.92 Å². The van der Waals surface area contributed by atoms with Crippen LogP contribution in [0.4, 0.5) is 0 Å². The number of aliphatic hydroxyl groups excluding tert-OH is 1. The van der Waals surface area contributed by atoms with Crippen LogP contribution in [0.3, 0.4) is 0 Å². The number of rotatable bonds is 1. The van der Waals surface area contributed by atoms with Gasteiger partial charge in [0.1, 0.15) is 0 Å². The summed E-state index contributed by atoms with van der Waals surface area (Å²) in [6.45, 7) is 2.21. The molecule has 1 aliphatic rings. The second-order valence-corrected chi connectivity index (χ2v) is 3.58. The van der Waals surface area contributed by atoms with Crippen LogP contribution in [0.25, 0.3) is 6.08 Å². The summed E-state index contributed by atoms with van der Waals surface area (Å²) in [5.74, 6) is 0. The lowest BCUT2D eigenvalue weighted by Gasteiger charge is -2.13. The first-order valence-electron chi connectivity index (χ1n) is 4.71. The molecule has 0 aromatic heterocycles. The van der Waals surface area contributed by atoms with Gasteiger partial charge >= 0.3 is 0 Å². The predicted molar refractivity (Wildman–Crippen MR) is 54.5 cm³/mol. The highest BCUT2D eigenvalue weighted by molar-refractivity contribution is 5.58. The zero-order chi connectivity index (χ0) is 9.26. The standard InChI is InChI=1S/C12H14O/c1-9-6-10-4-2-3-5-11(10)7-12(9)8-13/h2,4,6-7,13H,3,5,8H2,1H3. The molecule has 0 radical (unpaired) electrons. The van der Waals surface area contributed by atoms with Crippen LogP contribution in [0.2, 0.25) is 0 Å². The average molecular weight is 174 g/mol. The molecule has 0 amide bonds. The molecular formula is C12H14O. The first kappa shape index (κ1) is 8.52. The van der Waals surface area contributed by atoms with Gasteiger partial charge in [0.2, 0.25) is 0 Å². The number of benzene rings is 1. The molecule has 0 saturated heterocycles. The van der Waals surface area contributed by atoms with E-state index in [4.69, 9.17) is 5.11 Å². The number of allylic oxidation sites excluding steroid dienone is 1. The molecule has 0 unspecified atom stereocenters. The van der Waals surface area contributed by atoms with Gasteiger partial charge in [0.05, 0.1) is 6.61 Å². The summed E-state index contributed by atoms with van der Waals surface area (Å²) in [7, 11) is 0. The SMILES string of the molecule is Cc1cc2c(cc1CO)CCC=C2. The Hall–Kier alpha value is -1.08. The summed E-state index contributed by atoms with van der Waals surface area (Å²) in [5.41, 5.74) is 4.94. The topological polar surface area (TPSA) is 20.2 Å². The lowest BCUT2D eigenvalue weighted by Crippen LogP contribution is -1.98. The third kappa shape index (κ3) is 1.52. The highest BCUT2D eigenvalue weighted by Crippen LogP contribution is 2.23. The Kier molecular flexibility index (Phi) is 2.19. The van der Waals surface area contributed by atoms with Crippen molar-refractivity contribution in [1.29, 1.82) is 0 Å². The second-order valence-electron chi connectivity index (χ2n) is 3.58. The van der Waals surface area contributed by atoms with Crippen molar-refractivity contribution >= 4 is 6.08 Å². The molecular weight excluding hydrogens is 160 g/mol. The Morgan fingerprint density at radius 1 is 1.38 bits per heavy atom. The van der Waals surface area contributed by atoms with Crippen molar-refractivity contribution in [1.82, 2.24) is 0 Å². The molecule has 0 heterocycles. The molecule has 68 valence electrons. The highest BCUT2D eigenvalue weighted by atomic mass is 16.3. The first-order chi connectivity index (χ1) is 6.31. The number of hydrogen-bond donors (Lipinski definition) is 1. The zero-order valence-electron chi connectivity index (χ0n) is 7.88. The minimum absolute atomic E-state index is 0.156. The van der Waals surface area contributed by atoms with Gasteiger partial charge in [-0.15, -0.1) is 0 Å². The summed E-state index contributed by atoms with van der Waals surface area (Å²) in [6, 6.07) is 4.30. The van der Waals surface area contributed by atoms with E-state index in [-0.39, 0.29) is 6.61 Å². The Bertz CT molecular complexity index is 350. The van der Waals surface area contributed by atoms with Gasteiger partial charge in [0, 0.05) is 0 Å². The van der Waals surface area contributed by atoms with E-state index in [9.17, 15) is 0 Å². The molecule has 0 spiro atoms. The van der Waals surface area contributed by atoms with Gasteiger partial charge in [0.15, 0.2) is 0 Å². The van der Waals surface area contributed by atoms with Gasteiger partial charge < -0.3 is 5.11 Å². The fourth-order valence-electron chi connectivity index (χ4n) is 1.82. The Balaban J connectivity index is 2.52. The predicted octanol–water partition coefficient (Wildman–Crippen LogP) is 2.45. The van der Waals surface area contributed by atoms with E-state index in [0.717, 1.165) is 18.4 Å². The molecule has 2 rings (SSSR count). The maximum absolute atomic E-state index is 9.10. The molecule has 13 heavy (non-hydrogen) atoms. The van der Waals surface area contributed by atoms with Crippen LogP contribution in [0.5, 0.6) is 0 Å². The van der Waals surface area contributed by atoms with E-state index >= 15 is 0 Å². The quantitative estimate of drug-likeness (QED) is 0.693. The molecule has 0 fully saturated rings. The van der Waals surface area contributed by atoms with Gasteiger partial charge in [-0.2, -0.15) is 0 Å². The van der Waals surface area contributed by atoms with Gasteiger partial charge in [-0.25, -0.2) is 0 Å². The summed E-state index contributed by atoms with van der Waals surface area (Å²) in [6.07, 6.45) is 6.62. The van der Waals surface area contributed by atoms with Crippen LogP contribution in [-0.2, 0) is 13.0 Å². The van der Waals surface area contributed by atoms with Crippen molar-refractivity contribution in [3.05, 3.63) is 40.5 Å². The third-order valence-corrected chi connectivity index (χ3v) is 2.65. The number of aryl methyl sites for hydroxylation is 2. The summed E-state index contributed by atoms with van der Waals surface area (Å²) >= 11 is 0. The molecule has 1 aliphatic carbocycles. The second kappa shape index (κ2) is 3.35. The Morgan fingerprint density at radius 3 is 3.00 bits per heavy atom. The van der Waals surface area contributed by atoms with E-state index in [0.29, 0.717) is 0 Å². The fourth-order valence-corrected chi connectivity index (χ4v) is 1.82. The van der Waals surface area contributed by atoms with E-state index < -0.39 is 0 Å². The van der Waals surface area contributed by atoms with Gasteiger partial charge in [-0.1, -0.05) is 24.3 Å². The Morgan fingerprint density at radius 2 is 2.23 bits per heavy atom. The largest absolute Gasteiger partial charge is 0.392 e. The van der Waals surface area contributed by atoms with Crippen LogP contribution in [-0.4, -0.2) is 5.11 Å². The van der Waals surface area contributed by atoms with Crippen molar-refractivity contribution in [2.24, 2.45) is 0 Å². The third-order valence-electron chi connectivity index (χ3n) is 2.65. The summed E-state index contributed by atoms with van der Waals surface area (Å²) in [4.78, 5) is 0. The molecule has 0 saturated carbocycles. The minimum atomic E-state index is 0.156. The van der Waals surface area contributed by atoms with Crippen molar-refractivity contribution < 1.29 is 5.11 Å². The zero-order valence-corrected chi connectivity index (χ0v) is 7.88. The summed E-state index contributed by atoms with van der Waals surface area (Å²) < 4.78 is 0. The molecule has 0 atom stereocenters. The van der Waals surface area contributed by atoms with E-state index in [1.54, 1.807) is 0 Å². The van der Waals surface area contributed by atoms with Crippen LogP contribution in [0.1, 0.15) is 28.7 Å². The van der Waals surface area contributed by atoms with Crippen LogP contribution < -0.4 is 0 Å². The molecule has 1 nitrogen and oxygen atoms in total. The van der Waals surface area contributed by atoms with Gasteiger partial charge in [-0.3, -0.25) is 0 Å². The molecule has 1 heteroatoms. The lowest BCUT2D eigenvalue weighted by molar-refractivity contribution is 0.281. The van der Waals surface area contributed by atoms with Crippen molar-refractivity contribution in [2.75, 3.05) is 0 Å². The molecule has 1 aromatic carbocycles. The molecule has 1 N–H and O–H groups in total. The number of hydrogen-bond acceptors (Lipinski definition) is 1. The van der Waals surface area contributed by atoms with Crippen molar-refractivity contribution in [3.8, 4) is 0 Å². The summed E-state index contributed by atoms with van der Waals surface area (Å²) in [5, 5.41) is 9.10. The van der Waals surface area contributed by atoms with Crippen molar-refractivity contribution in [3.63, 3.8) is 0 Å². The average Bonchev–Trinajstić information content (AvgIpc) is 2.17. The fraction of sp³-hybridized carbons (Fsp3) is 0.333. The maximum Gasteiger partial charge on any atom is 0.0684 e. The van der Waals surface area contributed by atoms with Gasteiger partial charge in [-0.05, 0) is 42.0 Å². The number of aliphatic hydroxyl groups is 1. The van der Waals surface area contributed by atoms with Crippen LogP contribution >= 0.6 is 0 Å². The monoisotopic (exact) mass is 174 g/mol. The smallest absolute Gasteiger partial charge is 0.0684 e. The Labute approximate surface area is 78.7 Å².